The molecule has 1 aliphatic heterocycles. The van der Waals surface area contributed by atoms with E-state index in [-0.39, 0.29) is 10.7 Å². The Morgan fingerprint density at radius 1 is 1.04 bits per heavy atom. The van der Waals surface area contributed by atoms with Crippen LogP contribution in [0.4, 0.5) is 11.4 Å². The van der Waals surface area contributed by atoms with Crippen molar-refractivity contribution in [3.63, 3.8) is 0 Å². The third-order valence-electron chi connectivity index (χ3n) is 3.93. The molecule has 0 saturated carbocycles. The Kier molecular flexibility index (Phi) is 5.51. The topological polar surface area (TPSA) is 52.7 Å². The molecule has 1 N–H and O–H groups in total. The van der Waals surface area contributed by atoms with Crippen LogP contribution in [0.1, 0.15) is 5.56 Å². The van der Waals surface area contributed by atoms with Crippen LogP contribution in [-0.2, 0) is 9.59 Å². The minimum absolute atomic E-state index is 0.0246. The summed E-state index contributed by atoms with van der Waals surface area (Å²) < 4.78 is 0. The number of rotatable bonds is 3. The van der Waals surface area contributed by atoms with Crippen LogP contribution in [0.3, 0.4) is 0 Å². The molecule has 138 valence electrons. The van der Waals surface area contributed by atoms with Crippen molar-refractivity contribution in [1.29, 1.82) is 0 Å². The fourth-order valence-electron chi connectivity index (χ4n) is 2.60. The van der Waals surface area contributed by atoms with Crippen LogP contribution in [-0.4, -0.2) is 31.0 Å². The standard InChI is InChI=1S/C19H15Cl2N3O2S/c1-23(2)14-5-3-11(4-6-14)7-16-17(25)22-19(27)24(18(16)26)15-9-12(20)8-13(21)10-15/h3-10H,1-2H3,(H,22,25,27)/b16-7+. The molecule has 1 aliphatic rings. The third-order valence-corrected chi connectivity index (χ3v) is 4.65. The minimum atomic E-state index is -0.550. The quantitative estimate of drug-likeness (QED) is 0.465. The molecule has 0 aliphatic carbocycles. The van der Waals surface area contributed by atoms with Gasteiger partial charge in [-0.05, 0) is 54.2 Å². The summed E-state index contributed by atoms with van der Waals surface area (Å²) in [4.78, 5) is 28.5. The highest BCUT2D eigenvalue weighted by atomic mass is 35.5. The van der Waals surface area contributed by atoms with Gasteiger partial charge in [0.25, 0.3) is 11.8 Å². The van der Waals surface area contributed by atoms with Crippen LogP contribution in [0.5, 0.6) is 0 Å². The average molecular weight is 420 g/mol. The highest BCUT2D eigenvalue weighted by Gasteiger charge is 2.34. The Balaban J connectivity index is 1.99. The monoisotopic (exact) mass is 419 g/mol. The molecule has 0 radical (unpaired) electrons. The van der Waals surface area contributed by atoms with Crippen molar-refractivity contribution in [2.45, 2.75) is 0 Å². The summed E-state index contributed by atoms with van der Waals surface area (Å²) in [5.41, 5.74) is 2.08. The van der Waals surface area contributed by atoms with Gasteiger partial charge in [0.1, 0.15) is 5.57 Å². The largest absolute Gasteiger partial charge is 0.378 e. The highest BCUT2D eigenvalue weighted by Crippen LogP contribution is 2.28. The SMILES string of the molecule is CN(C)c1ccc(/C=C2\C(=O)NC(=S)N(c3cc(Cl)cc(Cl)c3)C2=O)cc1. The van der Waals surface area contributed by atoms with Gasteiger partial charge in [0, 0.05) is 29.8 Å². The number of anilines is 2. The summed E-state index contributed by atoms with van der Waals surface area (Å²) in [5.74, 6) is -1.09. The Labute approximate surface area is 172 Å². The second-order valence-corrected chi connectivity index (χ2v) is 7.33. The van der Waals surface area contributed by atoms with Gasteiger partial charge in [-0.15, -0.1) is 0 Å². The number of benzene rings is 2. The Morgan fingerprint density at radius 3 is 2.19 bits per heavy atom. The Hall–Kier alpha value is -2.41. The van der Waals surface area contributed by atoms with Gasteiger partial charge < -0.3 is 4.90 Å². The van der Waals surface area contributed by atoms with E-state index in [1.807, 2.05) is 43.3 Å². The molecule has 2 amide bonds. The zero-order chi connectivity index (χ0) is 19.7. The van der Waals surface area contributed by atoms with E-state index in [0.717, 1.165) is 11.3 Å². The number of carbonyl (C=O) groups excluding carboxylic acids is 2. The van der Waals surface area contributed by atoms with E-state index >= 15 is 0 Å². The lowest BCUT2D eigenvalue weighted by Gasteiger charge is -2.29. The minimum Gasteiger partial charge on any atom is -0.378 e. The van der Waals surface area contributed by atoms with Crippen molar-refractivity contribution >= 4 is 69.8 Å². The van der Waals surface area contributed by atoms with Crippen molar-refractivity contribution in [3.8, 4) is 0 Å². The van der Waals surface area contributed by atoms with Gasteiger partial charge in [-0.3, -0.25) is 19.8 Å². The van der Waals surface area contributed by atoms with Crippen LogP contribution >= 0.6 is 35.4 Å². The van der Waals surface area contributed by atoms with Gasteiger partial charge >= 0.3 is 0 Å². The summed E-state index contributed by atoms with van der Waals surface area (Å²) in [5, 5.41) is 3.22. The molecule has 2 aromatic rings. The summed E-state index contributed by atoms with van der Waals surface area (Å²) in [6.45, 7) is 0. The number of hydrogen-bond acceptors (Lipinski definition) is 4. The first-order valence-electron chi connectivity index (χ1n) is 7.91. The van der Waals surface area contributed by atoms with Gasteiger partial charge in [-0.2, -0.15) is 0 Å². The molecule has 3 rings (SSSR count). The molecule has 27 heavy (non-hydrogen) atoms. The lowest BCUT2D eigenvalue weighted by Crippen LogP contribution is -2.54. The number of amides is 2. The second kappa shape index (κ2) is 7.68. The molecule has 0 atom stereocenters. The molecule has 0 unspecified atom stereocenters. The molecule has 5 nitrogen and oxygen atoms in total. The summed E-state index contributed by atoms with van der Waals surface area (Å²) in [7, 11) is 3.86. The molecule has 1 fully saturated rings. The summed E-state index contributed by atoms with van der Waals surface area (Å²) in [6.07, 6.45) is 1.53. The van der Waals surface area contributed by atoms with Crippen LogP contribution in [0, 0.1) is 0 Å². The van der Waals surface area contributed by atoms with Gasteiger partial charge in [0.05, 0.1) is 5.69 Å². The van der Waals surface area contributed by atoms with E-state index < -0.39 is 11.8 Å². The van der Waals surface area contributed by atoms with E-state index in [0.29, 0.717) is 15.7 Å². The van der Waals surface area contributed by atoms with Gasteiger partial charge in [0.15, 0.2) is 5.11 Å². The van der Waals surface area contributed by atoms with Crippen LogP contribution in [0.2, 0.25) is 10.0 Å². The third kappa shape index (κ3) is 4.13. The Morgan fingerprint density at radius 2 is 1.63 bits per heavy atom. The molecule has 0 spiro atoms. The molecule has 1 saturated heterocycles. The lowest BCUT2D eigenvalue weighted by atomic mass is 10.1. The fourth-order valence-corrected chi connectivity index (χ4v) is 3.39. The fraction of sp³-hybridized carbons (Fsp3) is 0.105. The van der Waals surface area contributed by atoms with E-state index in [2.05, 4.69) is 5.32 Å². The van der Waals surface area contributed by atoms with Crippen molar-refractivity contribution in [2.24, 2.45) is 0 Å². The first-order valence-corrected chi connectivity index (χ1v) is 9.07. The maximum absolute atomic E-state index is 13.0. The normalized spacial score (nSPS) is 15.9. The van der Waals surface area contributed by atoms with Crippen molar-refractivity contribution in [2.75, 3.05) is 23.9 Å². The maximum atomic E-state index is 13.0. The van der Waals surface area contributed by atoms with E-state index in [9.17, 15) is 9.59 Å². The predicted molar refractivity (Wildman–Crippen MR) is 113 cm³/mol. The second-order valence-electron chi connectivity index (χ2n) is 6.07. The predicted octanol–water partition coefficient (Wildman–Crippen LogP) is 3.89. The molecular formula is C19H15Cl2N3O2S. The lowest BCUT2D eigenvalue weighted by molar-refractivity contribution is -0.122. The number of nitrogens with one attached hydrogen (secondary N) is 1. The van der Waals surface area contributed by atoms with Gasteiger partial charge in [-0.1, -0.05) is 35.3 Å². The van der Waals surface area contributed by atoms with Crippen molar-refractivity contribution in [3.05, 3.63) is 63.6 Å². The van der Waals surface area contributed by atoms with E-state index in [1.54, 1.807) is 18.2 Å². The van der Waals surface area contributed by atoms with Crippen LogP contribution in [0.15, 0.2) is 48.0 Å². The molecule has 8 heteroatoms. The molecule has 1 heterocycles. The number of carbonyl (C=O) groups is 2. The molecule has 0 aromatic heterocycles. The molecular weight excluding hydrogens is 405 g/mol. The number of halogens is 2. The number of nitrogens with zero attached hydrogens (tertiary/aromatic N) is 2. The first-order chi connectivity index (χ1) is 12.8. The van der Waals surface area contributed by atoms with Gasteiger partial charge in [-0.25, -0.2) is 0 Å². The summed E-state index contributed by atoms with van der Waals surface area (Å²) >= 11 is 17.2. The zero-order valence-corrected chi connectivity index (χ0v) is 16.8. The molecule has 2 aromatic carbocycles. The van der Waals surface area contributed by atoms with Crippen molar-refractivity contribution in [1.82, 2.24) is 5.32 Å². The molecule has 0 bridgehead atoms. The number of hydrogen-bond donors (Lipinski definition) is 1. The first kappa shape index (κ1) is 19.4. The van der Waals surface area contributed by atoms with Crippen LogP contribution in [0.25, 0.3) is 6.08 Å². The van der Waals surface area contributed by atoms with E-state index in [4.69, 9.17) is 35.4 Å². The van der Waals surface area contributed by atoms with E-state index in [1.165, 1.54) is 11.0 Å². The Bertz CT molecular complexity index is 951. The van der Waals surface area contributed by atoms with Gasteiger partial charge in [0.2, 0.25) is 0 Å². The maximum Gasteiger partial charge on any atom is 0.270 e. The van der Waals surface area contributed by atoms with Crippen molar-refractivity contribution < 1.29 is 9.59 Å². The van der Waals surface area contributed by atoms with Crippen LogP contribution < -0.4 is 15.1 Å². The summed E-state index contributed by atoms with van der Waals surface area (Å²) in [6, 6.07) is 12.1. The average Bonchev–Trinajstić information content (AvgIpc) is 2.58. The number of thiocarbonyl (C=S) groups is 1. The highest BCUT2D eigenvalue weighted by molar-refractivity contribution is 7.80. The zero-order valence-electron chi connectivity index (χ0n) is 14.5. The smallest absolute Gasteiger partial charge is 0.270 e.